The summed E-state index contributed by atoms with van der Waals surface area (Å²) >= 11 is 3.56. The van der Waals surface area contributed by atoms with Crippen molar-refractivity contribution in [2.45, 2.75) is 24.6 Å². The largest absolute Gasteiger partial charge is 0.464 e. The summed E-state index contributed by atoms with van der Waals surface area (Å²) in [5.74, 6) is 7.35. The van der Waals surface area contributed by atoms with Crippen molar-refractivity contribution in [1.29, 1.82) is 0 Å². The first-order valence-corrected chi connectivity index (χ1v) is 14.0. The van der Waals surface area contributed by atoms with Gasteiger partial charge in [0.05, 0.1) is 29.5 Å². The van der Waals surface area contributed by atoms with E-state index in [1.165, 1.54) is 0 Å². The first-order valence-electron chi connectivity index (χ1n) is 11.7. The monoisotopic (exact) mass is 525 g/mol. The Morgan fingerprint density at radius 2 is 1.29 bits per heavy atom. The number of furan rings is 2. The molecular weight excluding hydrogens is 486 g/mol. The molecule has 0 atom stereocenters. The maximum atomic E-state index is 11.0. The van der Waals surface area contributed by atoms with Gasteiger partial charge in [0.2, 0.25) is 6.20 Å². The minimum absolute atomic E-state index is 0.382. The highest BCUT2D eigenvalue weighted by Crippen LogP contribution is 2.17. The van der Waals surface area contributed by atoms with Crippen LogP contribution >= 0.6 is 23.5 Å². The fourth-order valence-electron chi connectivity index (χ4n) is 3.23. The van der Waals surface area contributed by atoms with Gasteiger partial charge in [-0.05, 0) is 52.5 Å². The van der Waals surface area contributed by atoms with E-state index in [1.807, 2.05) is 52.5 Å². The van der Waals surface area contributed by atoms with Gasteiger partial charge in [0.1, 0.15) is 23.0 Å². The molecule has 0 aromatic carbocycles. The fraction of sp³-hybridized carbons (Fsp3) is 0.583. The molecule has 0 radical (unpaired) electrons. The van der Waals surface area contributed by atoms with Crippen molar-refractivity contribution >= 4 is 23.5 Å². The number of hydrogen-bond acceptors (Lipinski definition) is 10. The van der Waals surface area contributed by atoms with Crippen molar-refractivity contribution in [3.05, 3.63) is 69.2 Å². The molecule has 2 aromatic rings. The molecule has 0 aliphatic rings. The van der Waals surface area contributed by atoms with Crippen LogP contribution in [0.2, 0.25) is 0 Å². The van der Waals surface area contributed by atoms with Crippen molar-refractivity contribution in [3.8, 4) is 0 Å². The smallest absolute Gasteiger partial charge is 0.236 e. The third kappa shape index (κ3) is 13.8. The lowest BCUT2D eigenvalue weighted by molar-refractivity contribution is -0.403. The summed E-state index contributed by atoms with van der Waals surface area (Å²) in [7, 11) is 8.07. The van der Waals surface area contributed by atoms with Gasteiger partial charge in [-0.1, -0.05) is 0 Å². The van der Waals surface area contributed by atoms with Gasteiger partial charge in [0, 0.05) is 43.3 Å². The van der Waals surface area contributed by atoms with Crippen LogP contribution in [0.5, 0.6) is 0 Å². The molecule has 9 nitrogen and oxygen atoms in total. The highest BCUT2D eigenvalue weighted by molar-refractivity contribution is 7.98. The first-order chi connectivity index (χ1) is 16.8. The molecule has 2 heterocycles. The van der Waals surface area contributed by atoms with Crippen LogP contribution in [0.3, 0.4) is 0 Å². The van der Waals surface area contributed by atoms with Crippen molar-refractivity contribution in [2.75, 3.05) is 65.9 Å². The minimum atomic E-state index is -0.382. The second-order valence-corrected chi connectivity index (χ2v) is 11.0. The molecule has 2 aromatic heterocycles. The van der Waals surface area contributed by atoms with E-state index in [4.69, 9.17) is 8.83 Å². The normalized spacial score (nSPS) is 11.5. The van der Waals surface area contributed by atoms with Crippen LogP contribution in [-0.4, -0.2) is 80.6 Å². The zero-order valence-electron chi connectivity index (χ0n) is 21.2. The maximum Gasteiger partial charge on any atom is 0.236 e. The lowest BCUT2D eigenvalue weighted by Crippen LogP contribution is -2.27. The van der Waals surface area contributed by atoms with Crippen LogP contribution in [0.25, 0.3) is 0 Å². The predicted molar refractivity (Wildman–Crippen MR) is 145 cm³/mol. The van der Waals surface area contributed by atoms with Crippen LogP contribution in [0.1, 0.15) is 23.0 Å². The van der Waals surface area contributed by atoms with Gasteiger partial charge in [0.25, 0.3) is 0 Å². The molecule has 2 N–H and O–H groups in total. The SMILES string of the molecule is CN(C)Cc1ccc(CSCCNCC(=C[N+](=O)[O-])CNCCSCc2ccc(CN(C)C)o2)o1. The van der Waals surface area contributed by atoms with Gasteiger partial charge in [-0.3, -0.25) is 10.1 Å². The Kier molecular flexibility index (Phi) is 14.2. The molecule has 0 unspecified atom stereocenters. The van der Waals surface area contributed by atoms with Gasteiger partial charge in [-0.25, -0.2) is 0 Å². The molecular formula is C24H39N5O4S2. The van der Waals surface area contributed by atoms with Crippen molar-refractivity contribution < 1.29 is 13.8 Å². The van der Waals surface area contributed by atoms with E-state index in [0.717, 1.165) is 84.0 Å². The number of nitro groups is 1. The van der Waals surface area contributed by atoms with Crippen molar-refractivity contribution in [3.63, 3.8) is 0 Å². The maximum absolute atomic E-state index is 11.0. The predicted octanol–water partition coefficient (Wildman–Crippen LogP) is 3.50. The molecule has 11 heteroatoms. The van der Waals surface area contributed by atoms with Gasteiger partial charge < -0.3 is 29.3 Å². The van der Waals surface area contributed by atoms with Crippen LogP contribution < -0.4 is 10.6 Å². The Bertz CT molecular complexity index is 836. The number of hydrogen-bond donors (Lipinski definition) is 2. The number of nitrogens with zero attached hydrogens (tertiary/aromatic N) is 3. The highest BCUT2D eigenvalue weighted by atomic mass is 32.2. The molecule has 0 bridgehead atoms. The summed E-state index contributed by atoms with van der Waals surface area (Å²) in [6.07, 6.45) is 1.10. The van der Waals surface area contributed by atoms with Crippen LogP contribution in [0, 0.1) is 10.1 Å². The standard InChI is InChI=1S/C24H39N5O4S2/c1-27(2)16-21-5-7-23(32-21)18-34-11-9-25-13-20(15-29(30)31)14-26-10-12-35-19-24-8-6-22(33-24)17-28(3)4/h5-8,15,25-26H,9-14,16-19H2,1-4H3. The molecule has 0 aliphatic heterocycles. The molecule has 35 heavy (non-hydrogen) atoms. The number of thioether (sulfide) groups is 2. The number of rotatable bonds is 19. The molecule has 0 fully saturated rings. The topological polar surface area (TPSA) is 100.0 Å². The Hall–Kier alpha value is -1.76. The second kappa shape index (κ2) is 16.8. The lowest BCUT2D eigenvalue weighted by Gasteiger charge is -2.09. The molecule has 2 rings (SSSR count). The zero-order chi connectivity index (χ0) is 25.5. The van der Waals surface area contributed by atoms with Crippen molar-refractivity contribution in [2.24, 2.45) is 0 Å². The quantitative estimate of drug-likeness (QED) is 0.161. The van der Waals surface area contributed by atoms with E-state index in [0.29, 0.717) is 13.1 Å². The Labute approximate surface area is 217 Å². The van der Waals surface area contributed by atoms with Gasteiger partial charge >= 0.3 is 0 Å². The summed E-state index contributed by atoms with van der Waals surface area (Å²) in [4.78, 5) is 14.7. The summed E-state index contributed by atoms with van der Waals surface area (Å²) in [6.45, 7) is 4.14. The lowest BCUT2D eigenvalue weighted by atomic mass is 10.3. The van der Waals surface area contributed by atoms with E-state index < -0.39 is 0 Å². The van der Waals surface area contributed by atoms with E-state index in [2.05, 4.69) is 20.4 Å². The highest BCUT2D eigenvalue weighted by Gasteiger charge is 2.06. The summed E-state index contributed by atoms with van der Waals surface area (Å²) in [5, 5.41) is 17.6. The third-order valence-corrected chi connectivity index (χ3v) is 6.67. The average molecular weight is 526 g/mol. The second-order valence-electron chi connectivity index (χ2n) is 8.74. The van der Waals surface area contributed by atoms with Gasteiger partial charge in [-0.2, -0.15) is 23.5 Å². The fourth-order valence-corrected chi connectivity index (χ4v) is 4.81. The van der Waals surface area contributed by atoms with E-state index in [9.17, 15) is 10.1 Å². The van der Waals surface area contributed by atoms with E-state index >= 15 is 0 Å². The Morgan fingerprint density at radius 1 is 0.857 bits per heavy atom. The Morgan fingerprint density at radius 3 is 1.69 bits per heavy atom. The van der Waals surface area contributed by atoms with E-state index in [-0.39, 0.29) is 4.92 Å². The first kappa shape index (κ1) is 29.5. The zero-order valence-corrected chi connectivity index (χ0v) is 22.9. The van der Waals surface area contributed by atoms with Crippen molar-refractivity contribution in [1.82, 2.24) is 20.4 Å². The molecule has 0 saturated heterocycles. The number of nitrogens with one attached hydrogen (secondary N) is 2. The summed E-state index contributed by atoms with van der Waals surface area (Å²) in [5.41, 5.74) is 0.740. The van der Waals surface area contributed by atoms with E-state index in [1.54, 1.807) is 23.5 Å². The van der Waals surface area contributed by atoms with Crippen LogP contribution in [0.4, 0.5) is 0 Å². The molecule has 0 saturated carbocycles. The average Bonchev–Trinajstić information content (AvgIpc) is 3.40. The molecule has 196 valence electrons. The summed E-state index contributed by atoms with van der Waals surface area (Å²) < 4.78 is 11.6. The molecule has 0 aliphatic carbocycles. The van der Waals surface area contributed by atoms with Crippen LogP contribution in [0.15, 0.2) is 44.9 Å². The molecule has 0 amide bonds. The minimum Gasteiger partial charge on any atom is -0.464 e. The molecule has 0 spiro atoms. The third-order valence-electron chi connectivity index (χ3n) is 4.71. The van der Waals surface area contributed by atoms with Crippen LogP contribution in [-0.2, 0) is 24.6 Å². The van der Waals surface area contributed by atoms with Gasteiger partial charge in [0.15, 0.2) is 0 Å². The Balaban J connectivity index is 1.55. The van der Waals surface area contributed by atoms with Gasteiger partial charge in [-0.15, -0.1) is 0 Å². The summed E-state index contributed by atoms with van der Waals surface area (Å²) in [6, 6.07) is 8.09.